The van der Waals surface area contributed by atoms with Crippen LogP contribution >= 0.6 is 11.3 Å². The molecule has 0 saturated heterocycles. The summed E-state index contributed by atoms with van der Waals surface area (Å²) in [7, 11) is 0. The van der Waals surface area contributed by atoms with Crippen LogP contribution in [0.15, 0.2) is 11.6 Å². The van der Waals surface area contributed by atoms with Gasteiger partial charge in [-0.05, 0) is 6.92 Å². The molecule has 0 amide bonds. The average molecular weight is 292 g/mol. The molecule has 0 aromatic carbocycles. The molecule has 4 N–H and O–H groups in total. The number of rotatable bonds is 4. The number of thiazole rings is 1. The topological polar surface area (TPSA) is 88.8 Å². The SMILES string of the molecule is Cc1ncsc1CNc1cc(NN)nc(C(C)(C)C)n1. The van der Waals surface area contributed by atoms with Gasteiger partial charge in [0, 0.05) is 16.4 Å². The maximum Gasteiger partial charge on any atom is 0.145 e. The molecule has 0 radical (unpaired) electrons. The van der Waals surface area contributed by atoms with Crippen molar-refractivity contribution in [3.05, 3.63) is 28.0 Å². The molecule has 6 nitrogen and oxygen atoms in total. The lowest BCUT2D eigenvalue weighted by molar-refractivity contribution is 0.546. The van der Waals surface area contributed by atoms with Gasteiger partial charge in [0.2, 0.25) is 0 Å². The van der Waals surface area contributed by atoms with Crippen molar-refractivity contribution in [2.45, 2.75) is 39.7 Å². The van der Waals surface area contributed by atoms with Crippen LogP contribution in [0.5, 0.6) is 0 Å². The van der Waals surface area contributed by atoms with E-state index in [2.05, 4.69) is 46.5 Å². The summed E-state index contributed by atoms with van der Waals surface area (Å²) in [4.78, 5) is 14.4. The fraction of sp³-hybridized carbons (Fsp3) is 0.462. The van der Waals surface area contributed by atoms with Gasteiger partial charge in [-0.2, -0.15) is 0 Å². The van der Waals surface area contributed by atoms with Crippen LogP contribution in [-0.4, -0.2) is 15.0 Å². The molecule has 0 aliphatic carbocycles. The molecule has 0 saturated carbocycles. The molecule has 2 rings (SSSR count). The molecule has 0 aliphatic heterocycles. The summed E-state index contributed by atoms with van der Waals surface area (Å²) < 4.78 is 0. The van der Waals surface area contributed by atoms with Gasteiger partial charge in [0.25, 0.3) is 0 Å². The third-order valence-corrected chi connectivity index (χ3v) is 3.75. The van der Waals surface area contributed by atoms with Crippen molar-refractivity contribution in [2.75, 3.05) is 10.7 Å². The van der Waals surface area contributed by atoms with E-state index in [1.165, 1.54) is 4.88 Å². The summed E-state index contributed by atoms with van der Waals surface area (Å²) in [5, 5.41) is 3.30. The zero-order chi connectivity index (χ0) is 14.8. The Morgan fingerprint density at radius 3 is 2.50 bits per heavy atom. The van der Waals surface area contributed by atoms with Gasteiger partial charge in [-0.3, -0.25) is 0 Å². The largest absolute Gasteiger partial charge is 0.365 e. The lowest BCUT2D eigenvalue weighted by Gasteiger charge is -2.18. The molecule has 0 aliphatic rings. The van der Waals surface area contributed by atoms with Gasteiger partial charge >= 0.3 is 0 Å². The second-order valence-corrected chi connectivity index (χ2v) is 6.51. The molecule has 7 heteroatoms. The van der Waals surface area contributed by atoms with Gasteiger partial charge in [-0.25, -0.2) is 20.8 Å². The summed E-state index contributed by atoms with van der Waals surface area (Å²) in [6.45, 7) is 8.90. The number of hydrogen-bond acceptors (Lipinski definition) is 7. The minimum absolute atomic E-state index is 0.135. The van der Waals surface area contributed by atoms with Crippen molar-refractivity contribution >= 4 is 23.0 Å². The summed E-state index contributed by atoms with van der Waals surface area (Å²) >= 11 is 1.63. The van der Waals surface area contributed by atoms with Crippen molar-refractivity contribution in [2.24, 2.45) is 5.84 Å². The molecule has 0 bridgehead atoms. The fourth-order valence-corrected chi connectivity index (χ4v) is 2.33. The number of aromatic nitrogens is 3. The van der Waals surface area contributed by atoms with E-state index >= 15 is 0 Å². The Bertz CT molecular complexity index is 587. The minimum Gasteiger partial charge on any atom is -0.365 e. The first kappa shape index (κ1) is 14.7. The second-order valence-electron chi connectivity index (χ2n) is 5.57. The Morgan fingerprint density at radius 1 is 1.25 bits per heavy atom. The van der Waals surface area contributed by atoms with Crippen molar-refractivity contribution in [1.82, 2.24) is 15.0 Å². The number of hydrazine groups is 1. The van der Waals surface area contributed by atoms with E-state index in [0.29, 0.717) is 12.4 Å². The first-order chi connectivity index (χ1) is 9.40. The quantitative estimate of drug-likeness (QED) is 0.592. The van der Waals surface area contributed by atoms with Crippen LogP contribution in [0.1, 0.15) is 37.2 Å². The average Bonchev–Trinajstić information content (AvgIpc) is 2.80. The number of hydrogen-bond donors (Lipinski definition) is 3. The summed E-state index contributed by atoms with van der Waals surface area (Å²) in [6, 6.07) is 1.80. The summed E-state index contributed by atoms with van der Waals surface area (Å²) in [5.41, 5.74) is 5.34. The highest BCUT2D eigenvalue weighted by molar-refractivity contribution is 7.09. The Kier molecular flexibility index (Phi) is 4.20. The van der Waals surface area contributed by atoms with Crippen LogP contribution in [0.3, 0.4) is 0 Å². The number of nitrogens with zero attached hydrogens (tertiary/aromatic N) is 3. The van der Waals surface area contributed by atoms with E-state index in [0.717, 1.165) is 17.3 Å². The van der Waals surface area contributed by atoms with Gasteiger partial charge in [0.05, 0.1) is 17.7 Å². The standard InChI is InChI=1S/C13H20N6S/c1-8-9(20-7-16-8)6-15-10-5-11(19-14)18-12(17-10)13(2,3)4/h5,7H,6,14H2,1-4H3,(H2,15,17,18,19). The van der Waals surface area contributed by atoms with E-state index in [1.807, 2.05) is 12.4 Å². The predicted octanol–water partition coefficient (Wildman–Crippen LogP) is 2.44. The van der Waals surface area contributed by atoms with E-state index in [9.17, 15) is 0 Å². The number of nitrogens with two attached hydrogens (primary N) is 1. The van der Waals surface area contributed by atoms with Crippen molar-refractivity contribution < 1.29 is 0 Å². The van der Waals surface area contributed by atoms with Crippen LogP contribution in [-0.2, 0) is 12.0 Å². The van der Waals surface area contributed by atoms with Crippen molar-refractivity contribution in [3.8, 4) is 0 Å². The third-order valence-electron chi connectivity index (χ3n) is 2.82. The van der Waals surface area contributed by atoms with E-state index in [1.54, 1.807) is 17.4 Å². The molecule has 2 heterocycles. The number of anilines is 2. The highest BCUT2D eigenvalue weighted by atomic mass is 32.1. The van der Waals surface area contributed by atoms with Crippen molar-refractivity contribution in [3.63, 3.8) is 0 Å². The van der Waals surface area contributed by atoms with Crippen LogP contribution in [0.25, 0.3) is 0 Å². The first-order valence-corrected chi connectivity index (χ1v) is 7.27. The lowest BCUT2D eigenvalue weighted by atomic mass is 9.96. The molecule has 0 fully saturated rings. The first-order valence-electron chi connectivity index (χ1n) is 6.39. The molecule has 108 valence electrons. The van der Waals surface area contributed by atoms with Crippen LogP contribution in [0.2, 0.25) is 0 Å². The highest BCUT2D eigenvalue weighted by Crippen LogP contribution is 2.22. The monoisotopic (exact) mass is 292 g/mol. The van der Waals surface area contributed by atoms with Gasteiger partial charge in [-0.15, -0.1) is 11.3 Å². The molecular weight excluding hydrogens is 272 g/mol. The molecule has 0 atom stereocenters. The lowest BCUT2D eigenvalue weighted by Crippen LogP contribution is -2.20. The zero-order valence-corrected chi connectivity index (χ0v) is 13.0. The maximum atomic E-state index is 5.47. The summed E-state index contributed by atoms with van der Waals surface area (Å²) in [6.07, 6.45) is 0. The molecular formula is C13H20N6S. The molecule has 0 spiro atoms. The number of aryl methyl sites for hydroxylation is 1. The third kappa shape index (κ3) is 3.43. The Balaban J connectivity index is 2.21. The predicted molar refractivity (Wildman–Crippen MR) is 82.7 cm³/mol. The molecule has 0 unspecified atom stereocenters. The van der Waals surface area contributed by atoms with E-state index in [-0.39, 0.29) is 5.41 Å². The van der Waals surface area contributed by atoms with Crippen LogP contribution in [0.4, 0.5) is 11.6 Å². The van der Waals surface area contributed by atoms with Crippen LogP contribution < -0.4 is 16.6 Å². The molecule has 2 aromatic rings. The normalized spacial score (nSPS) is 11.4. The van der Waals surface area contributed by atoms with E-state index < -0.39 is 0 Å². The Hall–Kier alpha value is -1.73. The molecule has 20 heavy (non-hydrogen) atoms. The minimum atomic E-state index is -0.135. The number of nitrogen functional groups attached to an aromatic ring is 1. The van der Waals surface area contributed by atoms with Gasteiger partial charge in [0.1, 0.15) is 17.5 Å². The van der Waals surface area contributed by atoms with Crippen molar-refractivity contribution in [1.29, 1.82) is 0 Å². The zero-order valence-electron chi connectivity index (χ0n) is 12.2. The Morgan fingerprint density at radius 2 is 1.95 bits per heavy atom. The summed E-state index contributed by atoms with van der Waals surface area (Å²) in [5.74, 6) is 7.58. The van der Waals surface area contributed by atoms with E-state index in [4.69, 9.17) is 5.84 Å². The van der Waals surface area contributed by atoms with Gasteiger partial charge < -0.3 is 10.7 Å². The second kappa shape index (κ2) is 5.72. The highest BCUT2D eigenvalue weighted by Gasteiger charge is 2.19. The fourth-order valence-electron chi connectivity index (χ4n) is 1.61. The van der Waals surface area contributed by atoms with Crippen LogP contribution in [0, 0.1) is 6.92 Å². The molecule has 2 aromatic heterocycles. The Labute approximate surface area is 122 Å². The maximum absolute atomic E-state index is 5.47. The smallest absolute Gasteiger partial charge is 0.145 e. The van der Waals surface area contributed by atoms with Gasteiger partial charge in [0.15, 0.2) is 0 Å². The number of nitrogens with one attached hydrogen (secondary N) is 2. The van der Waals surface area contributed by atoms with Gasteiger partial charge in [-0.1, -0.05) is 20.8 Å².